The molecule has 1 aliphatic rings. The maximum Gasteiger partial charge on any atom is 0.404 e. The number of nitrogens with one attached hydrogen (secondary N) is 2. The Morgan fingerprint density at radius 2 is 1.71 bits per heavy atom. The number of methoxy groups -OCH3 is 1. The van der Waals surface area contributed by atoms with E-state index in [1.807, 2.05) is 30.3 Å². The van der Waals surface area contributed by atoms with Gasteiger partial charge in [-0.2, -0.15) is 17.4 Å². The Morgan fingerprint density at radius 1 is 1.06 bits per heavy atom. The lowest BCUT2D eigenvalue weighted by Crippen LogP contribution is -2.52. The predicted molar refractivity (Wildman–Crippen MR) is 127 cm³/mol. The average molecular weight is 491 g/mol. The highest BCUT2D eigenvalue weighted by Crippen LogP contribution is 2.36. The van der Waals surface area contributed by atoms with Crippen molar-refractivity contribution in [1.82, 2.24) is 14.3 Å². The van der Waals surface area contributed by atoms with Crippen molar-refractivity contribution in [2.24, 2.45) is 5.73 Å². The highest BCUT2D eigenvalue weighted by atomic mass is 32.2. The van der Waals surface area contributed by atoms with Gasteiger partial charge in [-0.3, -0.25) is 4.79 Å². The lowest BCUT2D eigenvalue weighted by Gasteiger charge is -2.41. The van der Waals surface area contributed by atoms with Crippen LogP contribution in [0.25, 0.3) is 0 Å². The zero-order valence-electron chi connectivity index (χ0n) is 19.0. The molecule has 0 radical (unpaired) electrons. The van der Waals surface area contributed by atoms with E-state index < -0.39 is 21.7 Å². The van der Waals surface area contributed by atoms with Crippen LogP contribution in [0.2, 0.25) is 0 Å². The molecule has 11 heteroatoms. The van der Waals surface area contributed by atoms with E-state index in [1.54, 1.807) is 24.3 Å². The van der Waals surface area contributed by atoms with Crippen molar-refractivity contribution in [3.8, 4) is 5.75 Å². The first-order chi connectivity index (χ1) is 16.3. The molecule has 1 fully saturated rings. The number of carbonyl (C=O) groups excluding carboxylic acids is 2. The van der Waals surface area contributed by atoms with Crippen LogP contribution in [0.15, 0.2) is 54.6 Å². The minimum absolute atomic E-state index is 0.0689. The van der Waals surface area contributed by atoms with Crippen LogP contribution in [0, 0.1) is 0 Å². The molecule has 2 aromatic rings. The first-order valence-corrected chi connectivity index (χ1v) is 12.4. The van der Waals surface area contributed by atoms with Gasteiger partial charge in [-0.15, -0.1) is 0 Å². The number of para-hydroxylation sites is 1. The van der Waals surface area contributed by atoms with Crippen LogP contribution in [0.5, 0.6) is 5.75 Å². The lowest BCUT2D eigenvalue weighted by molar-refractivity contribution is 0.0929. The molecule has 2 aromatic carbocycles. The number of nitrogens with two attached hydrogens (primary N) is 1. The normalized spacial score (nSPS) is 15.9. The van der Waals surface area contributed by atoms with Gasteiger partial charge in [0.2, 0.25) is 0 Å². The van der Waals surface area contributed by atoms with Gasteiger partial charge in [-0.25, -0.2) is 4.79 Å². The van der Waals surface area contributed by atoms with Gasteiger partial charge in [0.15, 0.2) is 0 Å². The van der Waals surface area contributed by atoms with Gasteiger partial charge >= 0.3 is 6.09 Å². The van der Waals surface area contributed by atoms with E-state index in [-0.39, 0.29) is 32.1 Å². The topological polar surface area (TPSA) is 140 Å². The molecule has 0 atom stereocenters. The third-order valence-corrected chi connectivity index (χ3v) is 7.59. The highest BCUT2D eigenvalue weighted by Gasteiger charge is 2.39. The Labute approximate surface area is 199 Å². The Hall–Kier alpha value is -3.15. The second-order valence-electron chi connectivity index (χ2n) is 8.00. The molecule has 0 saturated carbocycles. The molecule has 1 heterocycles. The van der Waals surface area contributed by atoms with E-state index in [4.69, 9.17) is 10.5 Å². The summed E-state index contributed by atoms with van der Waals surface area (Å²) in [5.74, 6) is 0.236. The summed E-state index contributed by atoms with van der Waals surface area (Å²) in [6.45, 7) is 0.671. The smallest absolute Gasteiger partial charge is 0.404 e. The first-order valence-electron chi connectivity index (χ1n) is 10.9. The number of hydrogen-bond acceptors (Lipinski definition) is 6. The average Bonchev–Trinajstić information content (AvgIpc) is 2.86. The van der Waals surface area contributed by atoms with Crippen molar-refractivity contribution in [3.63, 3.8) is 0 Å². The monoisotopic (exact) mass is 490 g/mol. The molecule has 1 saturated heterocycles. The summed E-state index contributed by atoms with van der Waals surface area (Å²) in [4.78, 5) is 23.5. The van der Waals surface area contributed by atoms with Crippen LogP contribution in [0.1, 0.15) is 28.8 Å². The predicted octanol–water partition coefficient (Wildman–Crippen LogP) is 1.39. The molecule has 4 N–H and O–H groups in total. The number of ether oxygens (including phenoxy) is 2. The number of benzene rings is 2. The molecule has 1 aliphatic heterocycles. The Kier molecular flexibility index (Phi) is 8.48. The van der Waals surface area contributed by atoms with Crippen LogP contribution >= 0.6 is 0 Å². The van der Waals surface area contributed by atoms with Crippen molar-refractivity contribution in [3.05, 3.63) is 65.7 Å². The standard InChI is InChI=1S/C23H30N4O6S/c1-32-20-10-6-5-9-19(20)21(28)25-17-23(18-7-3-2-4-8-18)11-14-27(15-12-23)34(30,31)26-13-16-33-22(24)29/h2-10,26H,11-17H2,1H3,(H2,24,29)(H,25,28). The minimum Gasteiger partial charge on any atom is -0.496 e. The molecule has 10 nitrogen and oxygen atoms in total. The summed E-state index contributed by atoms with van der Waals surface area (Å²) in [5, 5.41) is 3.03. The van der Waals surface area contributed by atoms with E-state index in [1.165, 1.54) is 11.4 Å². The molecular weight excluding hydrogens is 460 g/mol. The maximum absolute atomic E-state index is 12.9. The third-order valence-electron chi connectivity index (χ3n) is 5.98. The molecule has 0 aliphatic carbocycles. The Morgan fingerprint density at radius 3 is 2.35 bits per heavy atom. The zero-order valence-corrected chi connectivity index (χ0v) is 19.8. The van der Waals surface area contributed by atoms with Crippen LogP contribution in [0.3, 0.4) is 0 Å². The fourth-order valence-electron chi connectivity index (χ4n) is 4.10. The molecular formula is C23H30N4O6S. The Balaban J connectivity index is 1.70. The van der Waals surface area contributed by atoms with Gasteiger partial charge in [0.25, 0.3) is 16.1 Å². The van der Waals surface area contributed by atoms with Crippen molar-refractivity contribution in [2.75, 3.05) is 39.9 Å². The number of rotatable bonds is 10. The van der Waals surface area contributed by atoms with E-state index in [9.17, 15) is 18.0 Å². The molecule has 2 amide bonds. The van der Waals surface area contributed by atoms with Crippen LogP contribution < -0.4 is 20.5 Å². The van der Waals surface area contributed by atoms with Crippen molar-refractivity contribution in [2.45, 2.75) is 18.3 Å². The van der Waals surface area contributed by atoms with E-state index >= 15 is 0 Å². The van der Waals surface area contributed by atoms with Gasteiger partial charge in [0.05, 0.1) is 12.7 Å². The summed E-state index contributed by atoms with van der Waals surface area (Å²) in [6, 6.07) is 16.8. The first kappa shape index (κ1) is 25.5. The lowest BCUT2D eigenvalue weighted by atomic mass is 9.73. The van der Waals surface area contributed by atoms with Crippen LogP contribution in [-0.2, 0) is 20.4 Å². The SMILES string of the molecule is COc1ccccc1C(=O)NCC1(c2ccccc2)CCN(S(=O)(=O)NCCOC(N)=O)CC1. The maximum atomic E-state index is 12.9. The van der Waals surface area contributed by atoms with Gasteiger partial charge in [-0.05, 0) is 30.5 Å². The number of piperidine rings is 1. The molecule has 34 heavy (non-hydrogen) atoms. The van der Waals surface area contributed by atoms with Gasteiger partial charge < -0.3 is 20.5 Å². The molecule has 0 bridgehead atoms. The number of nitrogens with zero attached hydrogens (tertiary/aromatic N) is 1. The number of amides is 2. The molecule has 0 unspecified atom stereocenters. The third kappa shape index (κ3) is 6.25. The number of primary amides is 1. The molecule has 0 spiro atoms. The summed E-state index contributed by atoms with van der Waals surface area (Å²) in [5.41, 5.74) is 5.93. The van der Waals surface area contributed by atoms with E-state index in [0.29, 0.717) is 30.7 Å². The molecule has 0 aromatic heterocycles. The van der Waals surface area contributed by atoms with Crippen molar-refractivity contribution >= 4 is 22.2 Å². The largest absolute Gasteiger partial charge is 0.496 e. The fourth-order valence-corrected chi connectivity index (χ4v) is 5.29. The van der Waals surface area contributed by atoms with Crippen LogP contribution in [0.4, 0.5) is 4.79 Å². The van der Waals surface area contributed by atoms with Crippen molar-refractivity contribution < 1.29 is 27.5 Å². The van der Waals surface area contributed by atoms with E-state index in [0.717, 1.165) is 5.56 Å². The van der Waals surface area contributed by atoms with Gasteiger partial charge in [0, 0.05) is 31.6 Å². The fraction of sp³-hybridized carbons (Fsp3) is 0.391. The summed E-state index contributed by atoms with van der Waals surface area (Å²) in [7, 11) is -2.23. The molecule has 184 valence electrons. The minimum atomic E-state index is -3.75. The summed E-state index contributed by atoms with van der Waals surface area (Å²) in [6.07, 6.45) is 0.0732. The highest BCUT2D eigenvalue weighted by molar-refractivity contribution is 7.87. The summed E-state index contributed by atoms with van der Waals surface area (Å²) < 4.78 is 39.0. The van der Waals surface area contributed by atoms with Crippen LogP contribution in [-0.4, -0.2) is 64.6 Å². The molecule has 3 rings (SSSR count). The van der Waals surface area contributed by atoms with Gasteiger partial charge in [0.1, 0.15) is 12.4 Å². The quantitative estimate of drug-likeness (QED) is 0.430. The van der Waals surface area contributed by atoms with Gasteiger partial charge in [-0.1, -0.05) is 42.5 Å². The van der Waals surface area contributed by atoms with E-state index in [2.05, 4.69) is 14.8 Å². The Bertz CT molecular complexity index is 1090. The zero-order chi connectivity index (χ0) is 24.6. The second kappa shape index (κ2) is 11.3. The second-order valence-corrected chi connectivity index (χ2v) is 9.75. The van der Waals surface area contributed by atoms with Crippen molar-refractivity contribution in [1.29, 1.82) is 0 Å². The number of hydrogen-bond donors (Lipinski definition) is 3. The number of carbonyl (C=O) groups is 2. The summed E-state index contributed by atoms with van der Waals surface area (Å²) >= 11 is 0.